The van der Waals surface area contributed by atoms with Crippen LogP contribution in [0.1, 0.15) is 43.4 Å². The molecule has 7 heteroatoms. The predicted molar refractivity (Wildman–Crippen MR) is 133 cm³/mol. The molecule has 3 aromatic rings. The second-order valence-electron chi connectivity index (χ2n) is 9.06. The molecule has 178 valence electrons. The highest BCUT2D eigenvalue weighted by molar-refractivity contribution is 5.91. The van der Waals surface area contributed by atoms with Crippen molar-refractivity contribution in [3.63, 3.8) is 0 Å². The second kappa shape index (κ2) is 11.0. The summed E-state index contributed by atoms with van der Waals surface area (Å²) in [5.74, 6) is -0.00514. The lowest BCUT2D eigenvalue weighted by Gasteiger charge is -2.33. The molecule has 0 atom stereocenters. The zero-order valence-corrected chi connectivity index (χ0v) is 19.7. The molecule has 1 aromatic heterocycles. The maximum Gasteiger partial charge on any atom is 0.315 e. The first kappa shape index (κ1) is 23.5. The summed E-state index contributed by atoms with van der Waals surface area (Å²) in [6.07, 6.45) is 4.85. The molecule has 1 aliphatic carbocycles. The number of carbonyl (C=O) groups excluding carboxylic acids is 2. The summed E-state index contributed by atoms with van der Waals surface area (Å²) in [5, 5.41) is 13.4. The Bertz CT molecular complexity index is 1070. The number of hydrogen-bond acceptors (Lipinski definition) is 3. The Labute approximate surface area is 200 Å². The first-order valence-corrected chi connectivity index (χ1v) is 12.0. The highest BCUT2D eigenvalue weighted by Gasteiger charge is 2.43. The average molecular weight is 460 g/mol. The van der Waals surface area contributed by atoms with Crippen molar-refractivity contribution in [1.82, 2.24) is 25.7 Å². The molecule has 3 amide bonds. The van der Waals surface area contributed by atoms with Gasteiger partial charge in [-0.2, -0.15) is 5.10 Å². The molecule has 1 fully saturated rings. The van der Waals surface area contributed by atoms with Gasteiger partial charge in [-0.25, -0.2) is 4.79 Å². The van der Waals surface area contributed by atoms with Crippen LogP contribution in [0.15, 0.2) is 66.7 Å². The topological polar surface area (TPSA) is 90.1 Å². The number of nitrogens with zero attached hydrogens (tertiary/aromatic N) is 2. The third-order valence-electron chi connectivity index (χ3n) is 6.50. The summed E-state index contributed by atoms with van der Waals surface area (Å²) in [5.41, 5.74) is 3.27. The molecule has 1 aliphatic rings. The molecular formula is C27H33N5O2. The number of aromatic nitrogens is 2. The van der Waals surface area contributed by atoms with E-state index < -0.39 is 5.54 Å². The van der Waals surface area contributed by atoms with Gasteiger partial charge in [-0.15, -0.1) is 0 Å². The molecule has 0 unspecified atom stereocenters. The molecule has 1 saturated carbocycles. The van der Waals surface area contributed by atoms with E-state index >= 15 is 0 Å². The van der Waals surface area contributed by atoms with Crippen LogP contribution >= 0.6 is 0 Å². The molecular weight excluding hydrogens is 426 g/mol. The fourth-order valence-electron chi connectivity index (χ4n) is 4.63. The van der Waals surface area contributed by atoms with Crippen LogP contribution in [-0.4, -0.2) is 46.2 Å². The summed E-state index contributed by atoms with van der Waals surface area (Å²) in [6.45, 7) is 1.05. The number of carbonyl (C=O) groups is 2. The maximum atomic E-state index is 13.4. The summed E-state index contributed by atoms with van der Waals surface area (Å²) in [7, 11) is 1.83. The van der Waals surface area contributed by atoms with E-state index in [1.165, 1.54) is 0 Å². The lowest BCUT2D eigenvalue weighted by molar-refractivity contribution is -0.136. The standard InChI is InChI=1S/C27H33N5O2/c1-32(18-10-15-23-19-24(31-30-23)22-13-6-3-7-14-22)25(33)27(16-8-9-17-27)29-26(34)28-20-21-11-4-2-5-12-21/h2-7,11-14,19H,8-10,15-18,20H2,1H3,(H,30,31)(H2,28,29,34). The van der Waals surface area contributed by atoms with Crippen LogP contribution in [0.2, 0.25) is 0 Å². The van der Waals surface area contributed by atoms with Gasteiger partial charge in [-0.3, -0.25) is 9.89 Å². The predicted octanol–water partition coefficient (Wildman–Crippen LogP) is 4.28. The van der Waals surface area contributed by atoms with Crippen molar-refractivity contribution in [3.05, 3.63) is 78.0 Å². The molecule has 0 radical (unpaired) electrons. The van der Waals surface area contributed by atoms with Crippen LogP contribution in [0, 0.1) is 0 Å². The van der Waals surface area contributed by atoms with Crippen molar-refractivity contribution in [1.29, 1.82) is 0 Å². The van der Waals surface area contributed by atoms with Crippen LogP contribution < -0.4 is 10.6 Å². The van der Waals surface area contributed by atoms with Gasteiger partial charge >= 0.3 is 6.03 Å². The minimum absolute atomic E-state index is 0.00514. The SMILES string of the molecule is CN(CCCc1cc(-c2ccccc2)n[nH]1)C(=O)C1(NC(=O)NCc2ccccc2)CCCC1. The Morgan fingerprint density at radius 3 is 2.41 bits per heavy atom. The van der Waals surface area contributed by atoms with Crippen molar-refractivity contribution < 1.29 is 9.59 Å². The Kier molecular flexibility index (Phi) is 7.62. The third-order valence-corrected chi connectivity index (χ3v) is 6.50. The fraction of sp³-hybridized carbons (Fsp3) is 0.370. The number of benzene rings is 2. The van der Waals surface area contributed by atoms with E-state index in [2.05, 4.69) is 26.9 Å². The monoisotopic (exact) mass is 459 g/mol. The van der Waals surface area contributed by atoms with E-state index in [-0.39, 0.29) is 11.9 Å². The van der Waals surface area contributed by atoms with E-state index in [1.807, 2.05) is 67.7 Å². The van der Waals surface area contributed by atoms with Crippen LogP contribution in [0.3, 0.4) is 0 Å². The number of hydrogen-bond donors (Lipinski definition) is 3. The first-order chi connectivity index (χ1) is 16.6. The van der Waals surface area contributed by atoms with E-state index in [9.17, 15) is 9.59 Å². The summed E-state index contributed by atoms with van der Waals surface area (Å²) in [6, 6.07) is 21.6. The molecule has 0 aliphatic heterocycles. The Hall–Kier alpha value is -3.61. The molecule has 0 spiro atoms. The van der Waals surface area contributed by atoms with Crippen LogP contribution in [0.4, 0.5) is 4.79 Å². The maximum absolute atomic E-state index is 13.4. The summed E-state index contributed by atoms with van der Waals surface area (Å²) >= 11 is 0. The zero-order valence-electron chi connectivity index (χ0n) is 19.7. The molecule has 0 saturated heterocycles. The van der Waals surface area contributed by atoms with Crippen LogP contribution in [0.25, 0.3) is 11.3 Å². The zero-order chi connectivity index (χ0) is 23.8. The second-order valence-corrected chi connectivity index (χ2v) is 9.06. The van der Waals surface area contributed by atoms with Gasteiger partial charge in [-0.05, 0) is 37.3 Å². The highest BCUT2D eigenvalue weighted by atomic mass is 16.2. The number of nitrogens with one attached hydrogen (secondary N) is 3. The minimum atomic E-state index is -0.815. The normalized spacial score (nSPS) is 14.5. The van der Waals surface area contributed by atoms with Gasteiger partial charge in [0.1, 0.15) is 5.54 Å². The largest absolute Gasteiger partial charge is 0.344 e. The molecule has 34 heavy (non-hydrogen) atoms. The fourth-order valence-corrected chi connectivity index (χ4v) is 4.63. The number of aromatic amines is 1. The Morgan fingerprint density at radius 1 is 1.03 bits per heavy atom. The van der Waals surface area contributed by atoms with Gasteiger partial charge < -0.3 is 15.5 Å². The van der Waals surface area contributed by atoms with Crippen LogP contribution in [-0.2, 0) is 17.8 Å². The van der Waals surface area contributed by atoms with Crippen molar-refractivity contribution in [2.75, 3.05) is 13.6 Å². The van der Waals surface area contributed by atoms with Gasteiger partial charge in [0.2, 0.25) is 5.91 Å². The molecule has 1 heterocycles. The van der Waals surface area contributed by atoms with Crippen molar-refractivity contribution in [2.24, 2.45) is 0 Å². The lowest BCUT2D eigenvalue weighted by atomic mass is 9.95. The van der Waals surface area contributed by atoms with Gasteiger partial charge in [0.25, 0.3) is 0 Å². The Morgan fingerprint density at radius 2 is 1.71 bits per heavy atom. The minimum Gasteiger partial charge on any atom is -0.344 e. The van der Waals surface area contributed by atoms with Crippen LogP contribution in [0.5, 0.6) is 0 Å². The lowest BCUT2D eigenvalue weighted by Crippen LogP contribution is -2.59. The van der Waals surface area contributed by atoms with E-state index in [4.69, 9.17) is 0 Å². The number of urea groups is 1. The van der Waals surface area contributed by atoms with Gasteiger partial charge in [0.05, 0.1) is 5.69 Å². The molecule has 2 aromatic carbocycles. The number of aryl methyl sites for hydroxylation is 1. The third kappa shape index (κ3) is 5.84. The van der Waals surface area contributed by atoms with E-state index in [0.29, 0.717) is 25.9 Å². The number of rotatable bonds is 9. The van der Waals surface area contributed by atoms with Crippen molar-refractivity contribution in [2.45, 2.75) is 50.6 Å². The van der Waals surface area contributed by atoms with Crippen molar-refractivity contribution >= 4 is 11.9 Å². The number of H-pyrrole nitrogens is 1. The smallest absolute Gasteiger partial charge is 0.315 e. The highest BCUT2D eigenvalue weighted by Crippen LogP contribution is 2.31. The van der Waals surface area contributed by atoms with Crippen molar-refractivity contribution in [3.8, 4) is 11.3 Å². The van der Waals surface area contributed by atoms with E-state index in [0.717, 1.165) is 48.2 Å². The summed E-state index contributed by atoms with van der Waals surface area (Å²) in [4.78, 5) is 27.8. The molecule has 4 rings (SSSR count). The van der Waals surface area contributed by atoms with E-state index in [1.54, 1.807) is 4.90 Å². The number of likely N-dealkylation sites (N-methyl/N-ethyl adjacent to an activating group) is 1. The summed E-state index contributed by atoms with van der Waals surface area (Å²) < 4.78 is 0. The molecule has 0 bridgehead atoms. The molecule has 7 nitrogen and oxygen atoms in total. The Balaban J connectivity index is 1.28. The number of amides is 3. The van der Waals surface area contributed by atoms with Gasteiger partial charge in [0.15, 0.2) is 0 Å². The first-order valence-electron chi connectivity index (χ1n) is 12.0. The molecule has 3 N–H and O–H groups in total. The van der Waals surface area contributed by atoms with Gasteiger partial charge in [-0.1, -0.05) is 73.5 Å². The average Bonchev–Trinajstić information content (AvgIpc) is 3.54. The van der Waals surface area contributed by atoms with Gasteiger partial charge in [0, 0.05) is 31.4 Å². The quantitative estimate of drug-likeness (QED) is 0.446.